The normalized spacial score (nSPS) is 14.6. The quantitative estimate of drug-likeness (QED) is 0.805. The van der Waals surface area contributed by atoms with Gasteiger partial charge in [-0.1, -0.05) is 12.1 Å². The molecule has 88 valence electrons. The number of nitrogens with one attached hydrogen (secondary N) is 1. The van der Waals surface area contributed by atoms with Gasteiger partial charge in [0.15, 0.2) is 0 Å². The molecule has 0 unspecified atom stereocenters. The number of aromatic nitrogens is 2. The molecular weight excluding hydrogens is 212 g/mol. The Hall–Kier alpha value is -1.65. The second-order valence-electron chi connectivity index (χ2n) is 4.33. The molecule has 0 atom stereocenters. The number of benzene rings is 1. The highest BCUT2D eigenvalue weighted by Crippen LogP contribution is 2.18. The molecule has 1 aromatic carbocycles. The maximum absolute atomic E-state index is 5.67. The number of rotatable bonds is 2. The highest BCUT2D eigenvalue weighted by atomic mass is 15.3. The number of hydrogen-bond acceptors (Lipinski definition) is 3. The molecule has 0 saturated heterocycles. The summed E-state index contributed by atoms with van der Waals surface area (Å²) < 4.78 is 2.04. The molecule has 4 heteroatoms. The summed E-state index contributed by atoms with van der Waals surface area (Å²) in [6.45, 7) is 2.51. The van der Waals surface area contributed by atoms with Crippen molar-refractivity contribution in [1.29, 1.82) is 0 Å². The molecule has 0 saturated carbocycles. The van der Waals surface area contributed by atoms with Crippen LogP contribution in [-0.2, 0) is 19.5 Å². The van der Waals surface area contributed by atoms with Gasteiger partial charge in [0.05, 0.1) is 11.9 Å². The topological polar surface area (TPSA) is 55.9 Å². The van der Waals surface area contributed by atoms with Gasteiger partial charge < -0.3 is 11.1 Å². The first kappa shape index (κ1) is 10.5. The molecule has 0 fully saturated rings. The number of nitrogens with zero attached hydrogens (tertiary/aromatic N) is 2. The van der Waals surface area contributed by atoms with Gasteiger partial charge in [0.25, 0.3) is 0 Å². The fraction of sp³-hybridized carbons (Fsp3) is 0.308. The van der Waals surface area contributed by atoms with Crippen LogP contribution in [0.2, 0.25) is 0 Å². The van der Waals surface area contributed by atoms with Crippen LogP contribution in [0.1, 0.15) is 16.8 Å². The summed E-state index contributed by atoms with van der Waals surface area (Å²) in [6.07, 6.45) is 2.98. The molecule has 1 aliphatic rings. The van der Waals surface area contributed by atoms with Crippen molar-refractivity contribution in [2.75, 3.05) is 6.54 Å². The second-order valence-corrected chi connectivity index (χ2v) is 4.33. The zero-order chi connectivity index (χ0) is 11.7. The van der Waals surface area contributed by atoms with E-state index in [4.69, 9.17) is 5.73 Å². The van der Waals surface area contributed by atoms with Gasteiger partial charge in [-0.15, -0.1) is 0 Å². The largest absolute Gasteiger partial charge is 0.326 e. The SMILES string of the molecule is NCc1cccc(-n2ncc3c2CCNC3)c1. The number of nitrogens with two attached hydrogens (primary N) is 1. The second kappa shape index (κ2) is 4.31. The van der Waals surface area contributed by atoms with Gasteiger partial charge in [0.1, 0.15) is 0 Å². The molecule has 0 amide bonds. The molecule has 3 rings (SSSR count). The van der Waals surface area contributed by atoms with Gasteiger partial charge in [-0.25, -0.2) is 4.68 Å². The van der Waals surface area contributed by atoms with Crippen LogP contribution in [0.4, 0.5) is 0 Å². The van der Waals surface area contributed by atoms with Crippen molar-refractivity contribution in [1.82, 2.24) is 15.1 Å². The van der Waals surface area contributed by atoms with Crippen LogP contribution >= 0.6 is 0 Å². The van der Waals surface area contributed by atoms with Crippen molar-refractivity contribution in [2.45, 2.75) is 19.5 Å². The van der Waals surface area contributed by atoms with Crippen LogP contribution in [0.25, 0.3) is 5.69 Å². The van der Waals surface area contributed by atoms with E-state index >= 15 is 0 Å². The third-order valence-corrected chi connectivity index (χ3v) is 3.20. The van der Waals surface area contributed by atoms with E-state index in [-0.39, 0.29) is 0 Å². The zero-order valence-electron chi connectivity index (χ0n) is 9.69. The predicted octanol–water partition coefficient (Wildman–Crippen LogP) is 0.977. The molecule has 0 aliphatic carbocycles. The van der Waals surface area contributed by atoms with Gasteiger partial charge in [0.2, 0.25) is 0 Å². The molecule has 3 N–H and O–H groups in total. The summed E-state index contributed by atoms with van der Waals surface area (Å²) in [5.41, 5.74) is 10.5. The minimum atomic E-state index is 0.568. The summed E-state index contributed by atoms with van der Waals surface area (Å²) in [5, 5.41) is 7.83. The van der Waals surface area contributed by atoms with Gasteiger partial charge >= 0.3 is 0 Å². The highest BCUT2D eigenvalue weighted by molar-refractivity contribution is 5.38. The predicted molar refractivity (Wildman–Crippen MR) is 66.9 cm³/mol. The van der Waals surface area contributed by atoms with E-state index in [1.54, 1.807) is 0 Å². The average Bonchev–Trinajstić information content (AvgIpc) is 2.82. The molecule has 4 nitrogen and oxygen atoms in total. The molecule has 0 bridgehead atoms. The summed E-state index contributed by atoms with van der Waals surface area (Å²) >= 11 is 0. The van der Waals surface area contributed by atoms with E-state index in [0.717, 1.165) is 30.8 Å². The number of fused-ring (bicyclic) bond motifs is 1. The van der Waals surface area contributed by atoms with Crippen LogP contribution < -0.4 is 11.1 Å². The first-order valence-corrected chi connectivity index (χ1v) is 5.94. The van der Waals surface area contributed by atoms with Crippen molar-refractivity contribution in [3.05, 3.63) is 47.3 Å². The molecule has 17 heavy (non-hydrogen) atoms. The third kappa shape index (κ3) is 1.85. The molecule has 2 heterocycles. The Bertz CT molecular complexity index is 530. The lowest BCUT2D eigenvalue weighted by Crippen LogP contribution is -2.24. The summed E-state index contributed by atoms with van der Waals surface area (Å²) in [7, 11) is 0. The molecular formula is C13H16N4. The van der Waals surface area contributed by atoms with E-state index in [9.17, 15) is 0 Å². The third-order valence-electron chi connectivity index (χ3n) is 3.20. The Morgan fingerprint density at radius 2 is 2.35 bits per heavy atom. The van der Waals surface area contributed by atoms with E-state index in [1.165, 1.54) is 11.3 Å². The van der Waals surface area contributed by atoms with Gasteiger partial charge in [-0.3, -0.25) is 0 Å². The monoisotopic (exact) mass is 228 g/mol. The fourth-order valence-corrected chi connectivity index (χ4v) is 2.29. The van der Waals surface area contributed by atoms with Gasteiger partial charge in [-0.05, 0) is 17.7 Å². The van der Waals surface area contributed by atoms with Crippen molar-refractivity contribution in [3.8, 4) is 5.69 Å². The first-order chi connectivity index (χ1) is 8.38. The van der Waals surface area contributed by atoms with Crippen LogP contribution in [0.5, 0.6) is 0 Å². The Labute approximate surface area is 100 Å². The van der Waals surface area contributed by atoms with Gasteiger partial charge in [-0.2, -0.15) is 5.10 Å². The fourth-order valence-electron chi connectivity index (χ4n) is 2.29. The Balaban J connectivity index is 2.05. The summed E-state index contributed by atoms with van der Waals surface area (Å²) in [5.74, 6) is 0. The van der Waals surface area contributed by atoms with E-state index in [2.05, 4.69) is 22.5 Å². The van der Waals surface area contributed by atoms with Crippen molar-refractivity contribution >= 4 is 0 Å². The maximum Gasteiger partial charge on any atom is 0.0652 e. The van der Waals surface area contributed by atoms with E-state index < -0.39 is 0 Å². The van der Waals surface area contributed by atoms with E-state index in [1.807, 2.05) is 23.0 Å². The maximum atomic E-state index is 5.67. The standard InChI is InChI=1S/C13H16N4/c14-7-10-2-1-3-12(6-10)17-13-4-5-15-8-11(13)9-16-17/h1-3,6,9,15H,4-5,7-8,14H2. The molecule has 0 radical (unpaired) electrons. The van der Waals surface area contributed by atoms with Crippen LogP contribution in [0.15, 0.2) is 30.5 Å². The molecule has 1 aliphatic heterocycles. The Morgan fingerprint density at radius 1 is 1.41 bits per heavy atom. The van der Waals surface area contributed by atoms with Crippen LogP contribution in [0, 0.1) is 0 Å². The summed E-state index contributed by atoms with van der Waals surface area (Å²) in [6, 6.07) is 8.26. The lowest BCUT2D eigenvalue weighted by molar-refractivity contribution is 0.622. The van der Waals surface area contributed by atoms with Gasteiger partial charge in [0, 0.05) is 37.3 Å². The minimum Gasteiger partial charge on any atom is -0.326 e. The molecule has 0 spiro atoms. The van der Waals surface area contributed by atoms with Crippen LogP contribution in [-0.4, -0.2) is 16.3 Å². The molecule has 1 aromatic heterocycles. The number of hydrogen-bond donors (Lipinski definition) is 2. The van der Waals surface area contributed by atoms with Crippen molar-refractivity contribution < 1.29 is 0 Å². The zero-order valence-corrected chi connectivity index (χ0v) is 9.69. The molecule has 2 aromatic rings. The first-order valence-electron chi connectivity index (χ1n) is 5.94. The lowest BCUT2D eigenvalue weighted by atomic mass is 10.1. The highest BCUT2D eigenvalue weighted by Gasteiger charge is 2.15. The van der Waals surface area contributed by atoms with Crippen molar-refractivity contribution in [3.63, 3.8) is 0 Å². The smallest absolute Gasteiger partial charge is 0.0652 e. The minimum absolute atomic E-state index is 0.568. The van der Waals surface area contributed by atoms with Crippen molar-refractivity contribution in [2.24, 2.45) is 5.73 Å². The lowest BCUT2D eigenvalue weighted by Gasteiger charge is -2.15. The average molecular weight is 228 g/mol. The van der Waals surface area contributed by atoms with E-state index in [0.29, 0.717) is 6.54 Å². The Kier molecular flexibility index (Phi) is 2.66. The summed E-state index contributed by atoms with van der Waals surface area (Å²) in [4.78, 5) is 0. The van der Waals surface area contributed by atoms with Crippen LogP contribution in [0.3, 0.4) is 0 Å². The Morgan fingerprint density at radius 3 is 3.24 bits per heavy atom.